The van der Waals surface area contributed by atoms with E-state index in [1.54, 1.807) is 19.1 Å². The monoisotopic (exact) mass is 502 g/mol. The zero-order valence-electron chi connectivity index (χ0n) is 17.4. The number of hydrazine groups is 1. The summed E-state index contributed by atoms with van der Waals surface area (Å²) in [6.45, 7) is 3.36. The van der Waals surface area contributed by atoms with Gasteiger partial charge in [0.2, 0.25) is 0 Å². The smallest absolute Gasteiger partial charge is 0.337 e. The lowest BCUT2D eigenvalue weighted by Crippen LogP contribution is -2.35. The molecule has 3 rings (SSSR count). The molecule has 2 aromatic rings. The Bertz CT molecular complexity index is 1130. The van der Waals surface area contributed by atoms with Crippen LogP contribution in [0.4, 0.5) is 5.69 Å². The first-order chi connectivity index (χ1) is 15.2. The van der Waals surface area contributed by atoms with E-state index < -0.39 is 23.8 Å². The molecule has 10 heteroatoms. The van der Waals surface area contributed by atoms with Gasteiger partial charge in [-0.05, 0) is 70.9 Å². The first kappa shape index (κ1) is 23.0. The van der Waals surface area contributed by atoms with Crippen molar-refractivity contribution in [1.29, 1.82) is 0 Å². The van der Waals surface area contributed by atoms with Gasteiger partial charge in [0, 0.05) is 6.92 Å². The minimum absolute atomic E-state index is 0.100. The summed E-state index contributed by atoms with van der Waals surface area (Å²) in [5, 5.41) is 1.08. The highest BCUT2D eigenvalue weighted by Crippen LogP contribution is 2.38. The van der Waals surface area contributed by atoms with Crippen LogP contribution in [0.1, 0.15) is 29.8 Å². The van der Waals surface area contributed by atoms with Gasteiger partial charge in [0.25, 0.3) is 11.8 Å². The Kier molecular flexibility index (Phi) is 6.94. The maximum absolute atomic E-state index is 12.9. The standard InChI is InChI=1S/C22H19BrN2O7/c1-4-31-18-11-13(10-17(23)19(18)32-12(2)26)9-16-20(27)24-25(21(16)28)15-7-5-14(6-8-15)22(29)30-3/h5-11H,4H2,1-3H3,(H,24,27)/b16-9-. The van der Waals surface area contributed by atoms with Gasteiger partial charge >= 0.3 is 11.9 Å². The molecule has 0 bridgehead atoms. The van der Waals surface area contributed by atoms with Crippen LogP contribution in [0, 0.1) is 0 Å². The van der Waals surface area contributed by atoms with Crippen LogP contribution in [-0.4, -0.2) is 37.5 Å². The molecule has 9 nitrogen and oxygen atoms in total. The normalized spacial score (nSPS) is 14.4. The van der Waals surface area contributed by atoms with Crippen LogP contribution < -0.4 is 19.9 Å². The molecule has 0 aliphatic carbocycles. The predicted octanol–water partition coefficient (Wildman–Crippen LogP) is 3.02. The third-order valence-electron chi connectivity index (χ3n) is 4.33. The van der Waals surface area contributed by atoms with E-state index in [4.69, 9.17) is 9.47 Å². The lowest BCUT2D eigenvalue weighted by molar-refractivity contribution is -0.132. The molecule has 2 aromatic carbocycles. The molecular formula is C22H19BrN2O7. The Labute approximate surface area is 192 Å². The zero-order chi connectivity index (χ0) is 23.4. The highest BCUT2D eigenvalue weighted by atomic mass is 79.9. The number of methoxy groups -OCH3 is 1. The number of amides is 2. The van der Waals surface area contributed by atoms with Gasteiger partial charge in [-0.25, -0.2) is 9.80 Å². The molecule has 0 saturated carbocycles. The van der Waals surface area contributed by atoms with Gasteiger partial charge in [-0.2, -0.15) is 0 Å². The van der Waals surface area contributed by atoms with Crippen LogP contribution in [0.25, 0.3) is 6.08 Å². The van der Waals surface area contributed by atoms with Crippen molar-refractivity contribution in [3.8, 4) is 11.5 Å². The second kappa shape index (κ2) is 9.65. The maximum Gasteiger partial charge on any atom is 0.337 e. The molecule has 1 N–H and O–H groups in total. The molecule has 0 atom stereocenters. The average molecular weight is 503 g/mol. The van der Waals surface area contributed by atoms with E-state index in [-0.39, 0.29) is 17.1 Å². The van der Waals surface area contributed by atoms with E-state index >= 15 is 0 Å². The molecule has 1 aliphatic heterocycles. The predicted molar refractivity (Wildman–Crippen MR) is 118 cm³/mol. The number of hydrogen-bond acceptors (Lipinski definition) is 7. The lowest BCUT2D eigenvalue weighted by atomic mass is 10.1. The average Bonchev–Trinajstić information content (AvgIpc) is 3.04. The van der Waals surface area contributed by atoms with Crippen LogP contribution in [0.3, 0.4) is 0 Å². The van der Waals surface area contributed by atoms with Crippen LogP contribution in [-0.2, 0) is 19.1 Å². The van der Waals surface area contributed by atoms with E-state index in [1.807, 2.05) is 0 Å². The molecule has 0 spiro atoms. The van der Waals surface area contributed by atoms with Gasteiger partial charge < -0.3 is 14.2 Å². The summed E-state index contributed by atoms with van der Waals surface area (Å²) in [4.78, 5) is 48.3. The van der Waals surface area contributed by atoms with Crippen molar-refractivity contribution in [2.24, 2.45) is 0 Å². The SMILES string of the molecule is CCOc1cc(/C=C2/C(=O)NN(c3ccc(C(=O)OC)cc3)C2=O)cc(Br)c1OC(C)=O. The van der Waals surface area contributed by atoms with Gasteiger partial charge in [-0.3, -0.25) is 19.8 Å². The van der Waals surface area contributed by atoms with Crippen LogP contribution >= 0.6 is 15.9 Å². The highest BCUT2D eigenvalue weighted by Gasteiger charge is 2.34. The Balaban J connectivity index is 1.92. The fourth-order valence-corrected chi connectivity index (χ4v) is 3.49. The minimum Gasteiger partial charge on any atom is -0.490 e. The number of benzene rings is 2. The number of carbonyl (C=O) groups is 4. The van der Waals surface area contributed by atoms with Crippen molar-refractivity contribution in [2.45, 2.75) is 13.8 Å². The molecule has 0 unspecified atom stereocenters. The van der Waals surface area contributed by atoms with E-state index in [0.717, 1.165) is 5.01 Å². The molecule has 0 radical (unpaired) electrons. The summed E-state index contributed by atoms with van der Waals surface area (Å²) in [6.07, 6.45) is 1.41. The van der Waals surface area contributed by atoms with E-state index in [9.17, 15) is 19.2 Å². The van der Waals surface area contributed by atoms with Crippen molar-refractivity contribution in [3.63, 3.8) is 0 Å². The number of anilines is 1. The van der Waals surface area contributed by atoms with Crippen molar-refractivity contribution in [3.05, 3.63) is 57.6 Å². The summed E-state index contributed by atoms with van der Waals surface area (Å²) in [5.74, 6) is -1.70. The van der Waals surface area contributed by atoms with Crippen molar-refractivity contribution in [1.82, 2.24) is 5.43 Å². The quantitative estimate of drug-likeness (QED) is 0.279. The number of carbonyl (C=O) groups excluding carboxylic acids is 4. The minimum atomic E-state index is -0.592. The Morgan fingerprint density at radius 1 is 1.16 bits per heavy atom. The number of nitrogens with zero attached hydrogens (tertiary/aromatic N) is 1. The number of halogens is 1. The molecule has 1 heterocycles. The van der Waals surface area contributed by atoms with Crippen LogP contribution in [0.5, 0.6) is 11.5 Å². The van der Waals surface area contributed by atoms with E-state index in [2.05, 4.69) is 26.1 Å². The second-order valence-corrected chi connectivity index (χ2v) is 7.39. The van der Waals surface area contributed by atoms with Gasteiger partial charge in [-0.15, -0.1) is 0 Å². The topological polar surface area (TPSA) is 111 Å². The Morgan fingerprint density at radius 3 is 2.44 bits per heavy atom. The van der Waals surface area contributed by atoms with Crippen molar-refractivity contribution < 1.29 is 33.4 Å². The first-order valence-electron chi connectivity index (χ1n) is 9.45. The first-order valence-corrected chi connectivity index (χ1v) is 10.2. The summed E-state index contributed by atoms with van der Waals surface area (Å²) < 4.78 is 15.8. The number of nitrogens with one attached hydrogen (secondary N) is 1. The van der Waals surface area contributed by atoms with Crippen LogP contribution in [0.2, 0.25) is 0 Å². The van der Waals surface area contributed by atoms with Gasteiger partial charge in [-0.1, -0.05) is 0 Å². The Morgan fingerprint density at radius 2 is 1.84 bits per heavy atom. The van der Waals surface area contributed by atoms with E-state index in [0.29, 0.717) is 27.9 Å². The Hall–Kier alpha value is -3.66. The molecule has 166 valence electrons. The fraction of sp³-hybridized carbons (Fsp3) is 0.182. The summed E-state index contributed by atoms with van der Waals surface area (Å²) in [5.41, 5.74) is 3.56. The van der Waals surface area contributed by atoms with Crippen molar-refractivity contribution in [2.75, 3.05) is 18.7 Å². The summed E-state index contributed by atoms with van der Waals surface area (Å²) >= 11 is 3.33. The van der Waals surface area contributed by atoms with Crippen molar-refractivity contribution >= 4 is 51.4 Å². The maximum atomic E-state index is 12.9. The van der Waals surface area contributed by atoms with Gasteiger partial charge in [0.15, 0.2) is 11.5 Å². The number of rotatable bonds is 6. The third kappa shape index (κ3) is 4.80. The molecule has 2 amide bonds. The summed E-state index contributed by atoms with van der Waals surface area (Å²) in [7, 11) is 1.27. The number of hydrogen-bond donors (Lipinski definition) is 1. The van der Waals surface area contributed by atoms with Gasteiger partial charge in [0.05, 0.1) is 29.4 Å². The van der Waals surface area contributed by atoms with Crippen LogP contribution in [0.15, 0.2) is 46.4 Å². The van der Waals surface area contributed by atoms with E-state index in [1.165, 1.54) is 44.4 Å². The lowest BCUT2D eigenvalue weighted by Gasteiger charge is -2.14. The number of esters is 2. The largest absolute Gasteiger partial charge is 0.490 e. The molecule has 1 saturated heterocycles. The third-order valence-corrected chi connectivity index (χ3v) is 4.92. The number of ether oxygens (including phenoxy) is 3. The highest BCUT2D eigenvalue weighted by molar-refractivity contribution is 9.10. The molecule has 1 fully saturated rings. The molecule has 32 heavy (non-hydrogen) atoms. The fourth-order valence-electron chi connectivity index (χ4n) is 2.95. The molecular weight excluding hydrogens is 484 g/mol. The molecule has 0 aromatic heterocycles. The zero-order valence-corrected chi connectivity index (χ0v) is 19.0. The summed E-state index contributed by atoms with van der Waals surface area (Å²) in [6, 6.07) is 9.18. The molecule has 1 aliphatic rings. The second-order valence-electron chi connectivity index (χ2n) is 6.53. The van der Waals surface area contributed by atoms with Gasteiger partial charge in [0.1, 0.15) is 5.57 Å².